The van der Waals surface area contributed by atoms with E-state index in [0.29, 0.717) is 16.4 Å². The number of esters is 1. The Kier molecular flexibility index (Phi) is 7.47. The number of carbonyl (C=O) groups excluding carboxylic acids is 3. The number of cyclic esters (lactones) is 1. The van der Waals surface area contributed by atoms with Crippen LogP contribution in [0.5, 0.6) is 0 Å². The maximum absolute atomic E-state index is 13.3. The van der Waals surface area contributed by atoms with Gasteiger partial charge in [-0.15, -0.1) is 0 Å². The van der Waals surface area contributed by atoms with Gasteiger partial charge in [0, 0.05) is 44.2 Å². The fraction of sp³-hybridized carbons (Fsp3) is 0.615. The van der Waals surface area contributed by atoms with Gasteiger partial charge in [-0.2, -0.15) is 0 Å². The van der Waals surface area contributed by atoms with Crippen LogP contribution in [0.25, 0.3) is 0 Å². The highest BCUT2D eigenvalue weighted by atomic mass is 32.1. The molecule has 0 aliphatic carbocycles. The monoisotopic (exact) mass is 500 g/mol. The van der Waals surface area contributed by atoms with Crippen molar-refractivity contribution in [3.05, 3.63) is 29.3 Å². The van der Waals surface area contributed by atoms with E-state index in [0.717, 1.165) is 64.1 Å². The Labute approximate surface area is 213 Å². The van der Waals surface area contributed by atoms with Crippen molar-refractivity contribution in [2.24, 2.45) is 5.92 Å². The molecule has 35 heavy (non-hydrogen) atoms. The zero-order valence-corrected chi connectivity index (χ0v) is 22.0. The van der Waals surface area contributed by atoms with Gasteiger partial charge in [-0.25, -0.2) is 4.79 Å². The molecule has 2 amide bonds. The third-order valence-electron chi connectivity index (χ3n) is 7.28. The molecule has 2 fully saturated rings. The van der Waals surface area contributed by atoms with Crippen LogP contribution in [0.4, 0.5) is 5.69 Å². The molecule has 0 bridgehead atoms. The van der Waals surface area contributed by atoms with Crippen molar-refractivity contribution < 1.29 is 19.1 Å². The second-order valence-electron chi connectivity index (χ2n) is 10.4. The summed E-state index contributed by atoms with van der Waals surface area (Å²) in [7, 11) is 0. The van der Waals surface area contributed by atoms with Crippen LogP contribution < -0.4 is 4.90 Å². The van der Waals surface area contributed by atoms with Crippen molar-refractivity contribution in [1.82, 2.24) is 14.7 Å². The van der Waals surface area contributed by atoms with E-state index in [2.05, 4.69) is 4.90 Å². The Morgan fingerprint density at radius 1 is 1.06 bits per heavy atom. The van der Waals surface area contributed by atoms with Crippen molar-refractivity contribution in [3.63, 3.8) is 0 Å². The molecule has 4 rings (SSSR count). The van der Waals surface area contributed by atoms with E-state index in [9.17, 15) is 14.4 Å². The Morgan fingerprint density at radius 3 is 2.43 bits per heavy atom. The Morgan fingerprint density at radius 2 is 1.74 bits per heavy atom. The molecule has 8 nitrogen and oxygen atoms in total. The van der Waals surface area contributed by atoms with Crippen LogP contribution in [0, 0.1) is 5.92 Å². The summed E-state index contributed by atoms with van der Waals surface area (Å²) >= 11 is 5.74. The summed E-state index contributed by atoms with van der Waals surface area (Å²) in [4.78, 5) is 45.2. The average Bonchev–Trinajstić information content (AvgIpc) is 3.28. The van der Waals surface area contributed by atoms with Gasteiger partial charge in [0.05, 0.1) is 11.3 Å². The van der Waals surface area contributed by atoms with Gasteiger partial charge in [-0.1, -0.05) is 20.3 Å². The molecule has 0 saturated carbocycles. The van der Waals surface area contributed by atoms with Gasteiger partial charge in [0.15, 0.2) is 5.11 Å². The Hall–Kier alpha value is -2.52. The van der Waals surface area contributed by atoms with Gasteiger partial charge in [0.1, 0.15) is 12.1 Å². The molecule has 0 N–H and O–H groups in total. The van der Waals surface area contributed by atoms with E-state index in [1.165, 1.54) is 0 Å². The third-order valence-corrected chi connectivity index (χ3v) is 7.69. The Bertz CT molecular complexity index is 1020. The molecule has 9 heteroatoms. The minimum atomic E-state index is -0.721. The summed E-state index contributed by atoms with van der Waals surface area (Å²) < 4.78 is 5.10. The lowest BCUT2D eigenvalue weighted by atomic mass is 10.0. The zero-order chi connectivity index (χ0) is 25.3. The number of carbonyl (C=O) groups is 3. The first-order valence-corrected chi connectivity index (χ1v) is 13.0. The summed E-state index contributed by atoms with van der Waals surface area (Å²) in [6.07, 6.45) is 3.07. The summed E-state index contributed by atoms with van der Waals surface area (Å²) in [5, 5.41) is 0.510. The Balaban J connectivity index is 1.26. The first-order valence-electron chi connectivity index (χ1n) is 12.6. The lowest BCUT2D eigenvalue weighted by molar-refractivity contribution is -0.136. The van der Waals surface area contributed by atoms with Gasteiger partial charge < -0.3 is 14.5 Å². The lowest BCUT2D eigenvalue weighted by Crippen LogP contribution is -2.49. The minimum Gasteiger partial charge on any atom is -0.457 e. The molecule has 3 aliphatic rings. The van der Waals surface area contributed by atoms with E-state index in [-0.39, 0.29) is 30.3 Å². The third kappa shape index (κ3) is 5.07. The van der Waals surface area contributed by atoms with Crippen molar-refractivity contribution in [3.8, 4) is 0 Å². The lowest BCUT2D eigenvalue weighted by Gasteiger charge is -2.35. The summed E-state index contributed by atoms with van der Waals surface area (Å²) in [6, 6.07) is 5.31. The smallest absolute Gasteiger partial charge is 0.338 e. The van der Waals surface area contributed by atoms with Gasteiger partial charge in [-0.3, -0.25) is 19.4 Å². The molecule has 0 spiro atoms. The molecule has 1 aromatic rings. The van der Waals surface area contributed by atoms with Crippen LogP contribution in [0.3, 0.4) is 0 Å². The highest BCUT2D eigenvalue weighted by Crippen LogP contribution is 2.34. The number of nitrogens with zero attached hydrogens (tertiary/aromatic N) is 4. The van der Waals surface area contributed by atoms with Gasteiger partial charge >= 0.3 is 5.97 Å². The topological polar surface area (TPSA) is 73.4 Å². The number of unbranched alkanes of at least 4 members (excludes halogenated alkanes) is 2. The highest BCUT2D eigenvalue weighted by Gasteiger charge is 2.49. The fourth-order valence-electron chi connectivity index (χ4n) is 5.04. The number of rotatable bonds is 8. The van der Waals surface area contributed by atoms with E-state index < -0.39 is 5.54 Å². The number of thiocarbonyl (C=S) groups is 1. The maximum Gasteiger partial charge on any atom is 0.338 e. The number of ether oxygens (including phenoxy) is 1. The van der Waals surface area contributed by atoms with E-state index in [1.54, 1.807) is 17.0 Å². The van der Waals surface area contributed by atoms with Crippen LogP contribution in [0.2, 0.25) is 0 Å². The van der Waals surface area contributed by atoms with E-state index in [4.69, 9.17) is 17.0 Å². The van der Waals surface area contributed by atoms with Crippen LogP contribution in [-0.2, 0) is 20.9 Å². The molecule has 0 unspecified atom stereocenters. The molecule has 3 aliphatic heterocycles. The second-order valence-corrected chi connectivity index (χ2v) is 10.8. The second kappa shape index (κ2) is 10.2. The number of fused-ring (bicyclic) bond motifs is 1. The summed E-state index contributed by atoms with van der Waals surface area (Å²) in [6.45, 7) is 13.2. The molecule has 0 aromatic heterocycles. The minimum absolute atomic E-state index is 0.0542. The predicted octanol–water partition coefficient (Wildman–Crippen LogP) is 3.04. The molecule has 0 radical (unpaired) electrons. The number of hydrogen-bond acceptors (Lipinski definition) is 6. The van der Waals surface area contributed by atoms with Crippen LogP contribution in [0.15, 0.2) is 18.2 Å². The number of amides is 2. The number of anilines is 1. The van der Waals surface area contributed by atoms with E-state index >= 15 is 0 Å². The van der Waals surface area contributed by atoms with Gasteiger partial charge in [0.25, 0.3) is 5.91 Å². The van der Waals surface area contributed by atoms with E-state index in [1.807, 2.05) is 43.6 Å². The molecular weight excluding hydrogens is 464 g/mol. The quantitative estimate of drug-likeness (QED) is 0.309. The molecule has 3 heterocycles. The predicted molar refractivity (Wildman–Crippen MR) is 138 cm³/mol. The standard InChI is InChI=1S/C26H36N4O4S/c1-18(2)22(31)28-14-12-27(13-15-28)10-6-5-7-11-29-25(35)30(24(33)26(29,3)4)20-8-9-21-19(16-20)17-34-23(21)32/h8-9,16,18H,5-7,10-15,17H2,1-4H3. The number of piperazine rings is 1. The normalized spacial score (nSPS) is 20.1. The van der Waals surface area contributed by atoms with Crippen molar-refractivity contribution in [2.75, 3.05) is 44.2 Å². The average molecular weight is 501 g/mol. The first kappa shape index (κ1) is 25.6. The van der Waals surface area contributed by atoms with Crippen molar-refractivity contribution in [1.29, 1.82) is 0 Å². The zero-order valence-electron chi connectivity index (χ0n) is 21.2. The molecule has 190 valence electrons. The fourth-order valence-corrected chi connectivity index (χ4v) is 5.54. The highest BCUT2D eigenvalue weighted by molar-refractivity contribution is 7.80. The molecule has 0 atom stereocenters. The van der Waals surface area contributed by atoms with Crippen molar-refractivity contribution in [2.45, 2.75) is 59.1 Å². The summed E-state index contributed by atoms with van der Waals surface area (Å²) in [5.41, 5.74) is 1.30. The van der Waals surface area contributed by atoms with Gasteiger partial charge in [-0.05, 0) is 63.7 Å². The largest absolute Gasteiger partial charge is 0.457 e. The van der Waals surface area contributed by atoms with Crippen LogP contribution in [0.1, 0.15) is 62.9 Å². The van der Waals surface area contributed by atoms with Gasteiger partial charge in [0.2, 0.25) is 5.91 Å². The molecular formula is C26H36N4O4S. The maximum atomic E-state index is 13.3. The molecule has 2 saturated heterocycles. The molecule has 1 aromatic carbocycles. The first-order chi connectivity index (χ1) is 16.6. The summed E-state index contributed by atoms with van der Waals surface area (Å²) in [5.74, 6) is -0.0680. The van der Waals surface area contributed by atoms with Crippen LogP contribution in [-0.4, -0.2) is 82.4 Å². The van der Waals surface area contributed by atoms with Crippen LogP contribution >= 0.6 is 12.2 Å². The SMILES string of the molecule is CC(C)C(=O)N1CCN(CCCCCN2C(=S)N(c3ccc4c(c3)COC4=O)C(=O)C2(C)C)CC1. The van der Waals surface area contributed by atoms with Crippen molar-refractivity contribution >= 4 is 40.8 Å². The number of benzene rings is 1. The number of hydrogen-bond donors (Lipinski definition) is 0.